The Morgan fingerprint density at radius 1 is 1.32 bits per heavy atom. The number of benzene rings is 1. The van der Waals surface area contributed by atoms with Gasteiger partial charge in [-0.2, -0.15) is 0 Å². The molecule has 2 amide bonds. The molecule has 19 heavy (non-hydrogen) atoms. The van der Waals surface area contributed by atoms with E-state index in [2.05, 4.69) is 10.3 Å². The van der Waals surface area contributed by atoms with Gasteiger partial charge in [0.15, 0.2) is 11.6 Å². The Balaban J connectivity index is 2.67. The minimum absolute atomic E-state index is 0.229. The first-order chi connectivity index (χ1) is 8.89. The quantitative estimate of drug-likeness (QED) is 0.739. The van der Waals surface area contributed by atoms with Gasteiger partial charge in [0.05, 0.1) is 6.34 Å². The Bertz CT molecular complexity index is 590. The molecule has 0 aliphatic carbocycles. The van der Waals surface area contributed by atoms with E-state index in [-0.39, 0.29) is 10.6 Å². The van der Waals surface area contributed by atoms with Crippen LogP contribution in [-0.2, 0) is 15.1 Å². The van der Waals surface area contributed by atoms with Gasteiger partial charge in [-0.25, -0.2) is 0 Å². The number of hydrogen-bond donors (Lipinski definition) is 3. The molecule has 0 saturated carbocycles. The van der Waals surface area contributed by atoms with Gasteiger partial charge in [-0.3, -0.25) is 14.6 Å². The maximum absolute atomic E-state index is 11.9. The molecule has 0 radical (unpaired) electrons. The van der Waals surface area contributed by atoms with Crippen LogP contribution in [0.2, 0.25) is 10.0 Å². The van der Waals surface area contributed by atoms with Gasteiger partial charge in [-0.15, -0.1) is 0 Å². The van der Waals surface area contributed by atoms with Gasteiger partial charge >= 0.3 is 0 Å². The fourth-order valence-corrected chi connectivity index (χ4v) is 2.49. The molecule has 1 heterocycles. The molecule has 1 aliphatic heterocycles. The standard InChI is InChI=1S/C11H10Cl2N4O2/c12-5-1-2-7(13)6(3-5)11(10(15)19)8(9(14)18)16-4-17-11/h1-4,8H,(H2,14,18)(H2,15,19)(H,16,17). The molecule has 0 saturated heterocycles. The highest BCUT2D eigenvalue weighted by atomic mass is 35.5. The zero-order valence-electron chi connectivity index (χ0n) is 9.56. The lowest BCUT2D eigenvalue weighted by Crippen LogP contribution is -2.59. The molecular weight excluding hydrogens is 291 g/mol. The van der Waals surface area contributed by atoms with Gasteiger partial charge in [-0.1, -0.05) is 23.2 Å². The van der Waals surface area contributed by atoms with Crippen LogP contribution in [0.3, 0.4) is 0 Å². The van der Waals surface area contributed by atoms with E-state index in [9.17, 15) is 9.59 Å². The largest absolute Gasteiger partial charge is 0.368 e. The summed E-state index contributed by atoms with van der Waals surface area (Å²) in [6.07, 6.45) is 1.21. The lowest BCUT2D eigenvalue weighted by Gasteiger charge is -2.31. The van der Waals surface area contributed by atoms with Crippen molar-refractivity contribution in [3.05, 3.63) is 33.8 Å². The molecule has 2 atom stereocenters. The average molecular weight is 301 g/mol. The fraction of sp³-hybridized carbons (Fsp3) is 0.182. The summed E-state index contributed by atoms with van der Waals surface area (Å²) in [5.74, 6) is -1.62. The highest BCUT2D eigenvalue weighted by Gasteiger charge is 2.52. The zero-order chi connectivity index (χ0) is 14.2. The fourth-order valence-electron chi connectivity index (χ4n) is 2.05. The average Bonchev–Trinajstić information content (AvgIpc) is 2.78. The minimum atomic E-state index is -1.62. The Hall–Kier alpha value is -1.79. The van der Waals surface area contributed by atoms with Crippen LogP contribution in [0.25, 0.3) is 0 Å². The van der Waals surface area contributed by atoms with Crippen LogP contribution in [0, 0.1) is 0 Å². The van der Waals surface area contributed by atoms with Crippen molar-refractivity contribution in [1.82, 2.24) is 5.32 Å². The number of rotatable bonds is 3. The van der Waals surface area contributed by atoms with E-state index in [4.69, 9.17) is 34.7 Å². The normalized spacial score (nSPS) is 25.1. The van der Waals surface area contributed by atoms with Crippen molar-refractivity contribution in [3.63, 3.8) is 0 Å². The highest BCUT2D eigenvalue weighted by molar-refractivity contribution is 6.34. The van der Waals surface area contributed by atoms with E-state index >= 15 is 0 Å². The molecule has 6 nitrogen and oxygen atoms in total. The van der Waals surface area contributed by atoms with Gasteiger partial charge in [-0.05, 0) is 18.2 Å². The SMILES string of the molecule is NC(=O)C1N=CNC1(C(N)=O)c1cc(Cl)ccc1Cl. The Labute approximate surface area is 118 Å². The van der Waals surface area contributed by atoms with E-state index in [1.165, 1.54) is 18.5 Å². The van der Waals surface area contributed by atoms with Crippen molar-refractivity contribution in [2.45, 2.75) is 11.6 Å². The predicted molar refractivity (Wildman–Crippen MR) is 71.9 cm³/mol. The summed E-state index contributed by atoms with van der Waals surface area (Å²) in [7, 11) is 0. The number of halogens is 2. The lowest BCUT2D eigenvalue weighted by molar-refractivity contribution is -0.130. The molecule has 1 aromatic carbocycles. The number of aliphatic imine (C=N–C) groups is 1. The second kappa shape index (κ2) is 4.71. The van der Waals surface area contributed by atoms with Crippen LogP contribution in [0.5, 0.6) is 0 Å². The molecule has 5 N–H and O–H groups in total. The van der Waals surface area contributed by atoms with Crippen molar-refractivity contribution in [2.24, 2.45) is 16.5 Å². The summed E-state index contributed by atoms with van der Waals surface area (Å²) in [5, 5.41) is 3.25. The van der Waals surface area contributed by atoms with Crippen LogP contribution in [0.1, 0.15) is 5.56 Å². The maximum Gasteiger partial charge on any atom is 0.250 e. The molecule has 0 bridgehead atoms. The van der Waals surface area contributed by atoms with Gasteiger partial charge in [0.25, 0.3) is 5.91 Å². The van der Waals surface area contributed by atoms with Crippen LogP contribution in [-0.4, -0.2) is 24.2 Å². The monoisotopic (exact) mass is 300 g/mol. The third-order valence-corrected chi connectivity index (χ3v) is 3.50. The highest BCUT2D eigenvalue weighted by Crippen LogP contribution is 2.36. The van der Waals surface area contributed by atoms with Crippen LogP contribution in [0.15, 0.2) is 23.2 Å². The van der Waals surface area contributed by atoms with Crippen molar-refractivity contribution >= 4 is 41.4 Å². The molecule has 1 aliphatic rings. The first kappa shape index (κ1) is 13.6. The topological polar surface area (TPSA) is 111 Å². The molecule has 8 heteroatoms. The summed E-state index contributed by atoms with van der Waals surface area (Å²) in [6.45, 7) is 0. The number of nitrogens with zero attached hydrogens (tertiary/aromatic N) is 1. The van der Waals surface area contributed by atoms with Gasteiger partial charge < -0.3 is 16.8 Å². The number of carbonyl (C=O) groups is 2. The number of amides is 2. The van der Waals surface area contributed by atoms with E-state index in [1.54, 1.807) is 6.07 Å². The minimum Gasteiger partial charge on any atom is -0.368 e. The Morgan fingerprint density at radius 3 is 2.58 bits per heavy atom. The molecule has 0 spiro atoms. The number of nitrogens with one attached hydrogen (secondary N) is 1. The summed E-state index contributed by atoms with van der Waals surface area (Å²) in [4.78, 5) is 27.2. The number of nitrogens with two attached hydrogens (primary N) is 2. The molecule has 100 valence electrons. The first-order valence-corrected chi connectivity index (χ1v) is 5.99. The predicted octanol–water partition coefficient (Wildman–Crippen LogP) is 0.159. The second-order valence-corrected chi connectivity index (χ2v) is 4.87. The van der Waals surface area contributed by atoms with Gasteiger partial charge in [0.2, 0.25) is 5.91 Å². The van der Waals surface area contributed by atoms with Crippen molar-refractivity contribution in [3.8, 4) is 0 Å². The van der Waals surface area contributed by atoms with Crippen molar-refractivity contribution in [2.75, 3.05) is 0 Å². The van der Waals surface area contributed by atoms with E-state index in [1.807, 2.05) is 0 Å². The third-order valence-electron chi connectivity index (χ3n) is 2.94. The lowest BCUT2D eigenvalue weighted by atomic mass is 9.82. The van der Waals surface area contributed by atoms with Crippen molar-refractivity contribution in [1.29, 1.82) is 0 Å². The molecule has 1 aromatic rings. The smallest absolute Gasteiger partial charge is 0.250 e. The molecule has 0 aromatic heterocycles. The Kier molecular flexibility index (Phi) is 3.38. The summed E-state index contributed by atoms with van der Waals surface area (Å²) < 4.78 is 0. The van der Waals surface area contributed by atoms with E-state index in [0.29, 0.717) is 5.02 Å². The molecule has 0 fully saturated rings. The van der Waals surface area contributed by atoms with E-state index in [0.717, 1.165) is 0 Å². The first-order valence-electron chi connectivity index (χ1n) is 5.23. The maximum atomic E-state index is 11.9. The van der Waals surface area contributed by atoms with Crippen molar-refractivity contribution < 1.29 is 9.59 Å². The summed E-state index contributed by atoms with van der Waals surface area (Å²) >= 11 is 12.0. The Morgan fingerprint density at radius 2 is 2.00 bits per heavy atom. The summed E-state index contributed by atoms with van der Waals surface area (Å²) in [6, 6.07) is 3.33. The number of primary amides is 2. The number of carbonyl (C=O) groups excluding carboxylic acids is 2. The molecule has 2 unspecified atom stereocenters. The summed E-state index contributed by atoms with van der Waals surface area (Å²) in [5.41, 5.74) is 9.32. The number of hydrogen-bond acceptors (Lipinski definition) is 4. The van der Waals surface area contributed by atoms with Crippen LogP contribution >= 0.6 is 23.2 Å². The second-order valence-electron chi connectivity index (χ2n) is 4.02. The van der Waals surface area contributed by atoms with Crippen LogP contribution in [0.4, 0.5) is 0 Å². The van der Waals surface area contributed by atoms with Gasteiger partial charge in [0.1, 0.15) is 0 Å². The zero-order valence-corrected chi connectivity index (χ0v) is 11.1. The molecular formula is C11H10Cl2N4O2. The molecule has 2 rings (SSSR count). The van der Waals surface area contributed by atoms with Gasteiger partial charge in [0, 0.05) is 15.6 Å². The third kappa shape index (κ3) is 2.02. The van der Waals surface area contributed by atoms with E-state index < -0.39 is 23.4 Å². The van der Waals surface area contributed by atoms with Crippen LogP contribution < -0.4 is 16.8 Å².